The molecule has 1 heterocycles. The molecule has 9 heteroatoms. The topological polar surface area (TPSA) is 35.3 Å². The second-order valence-corrected chi connectivity index (χ2v) is 3.57. The Hall–Kier alpha value is -2.19. The lowest BCUT2D eigenvalue weighted by Crippen LogP contribution is -2.17. The van der Waals surface area contributed by atoms with Gasteiger partial charge in [-0.2, -0.15) is 31.3 Å². The van der Waals surface area contributed by atoms with Crippen molar-refractivity contribution in [2.24, 2.45) is 0 Å². The number of nitrogens with zero attached hydrogens (tertiary/aromatic N) is 1. The largest absolute Gasteiger partial charge is 0.420 e. The minimum absolute atomic E-state index is 0.325. The molecule has 0 unspecified atom stereocenters. The molecule has 2 aromatic rings. The Morgan fingerprint density at radius 3 is 2.20 bits per heavy atom. The Balaban J connectivity index is 2.57. The van der Waals surface area contributed by atoms with Gasteiger partial charge in [-0.1, -0.05) is 6.07 Å². The predicted octanol–water partition coefficient (Wildman–Crippen LogP) is 4.50. The highest BCUT2D eigenvalue weighted by atomic mass is 19.4. The summed E-state index contributed by atoms with van der Waals surface area (Å²) in [5, 5.41) is 0. The van der Waals surface area contributed by atoms with Gasteiger partial charge in [-0.3, -0.25) is 0 Å². The Kier molecular flexibility index (Phi) is 3.36. The van der Waals surface area contributed by atoms with Crippen LogP contribution in [-0.4, -0.2) is 4.98 Å². The van der Waals surface area contributed by atoms with Crippen LogP contribution in [0, 0.1) is 0 Å². The Bertz CT molecular complexity index is 588. The number of rotatable bonds is 2. The van der Waals surface area contributed by atoms with Crippen LogP contribution in [0.25, 0.3) is 0 Å². The van der Waals surface area contributed by atoms with E-state index in [1.807, 2.05) is 0 Å². The normalized spacial score (nSPS) is 12.5. The molecule has 0 saturated carbocycles. The summed E-state index contributed by atoms with van der Waals surface area (Å²) in [5.41, 5.74) is -3.76. The summed E-state index contributed by atoms with van der Waals surface area (Å²) in [6.07, 6.45) is -8.91. The quantitative estimate of drug-likeness (QED) is 0.765. The van der Waals surface area contributed by atoms with Crippen molar-refractivity contribution in [2.75, 3.05) is 0 Å². The fourth-order valence-corrected chi connectivity index (χ4v) is 1.50. The predicted molar refractivity (Wildman–Crippen MR) is 53.0 cm³/mol. The van der Waals surface area contributed by atoms with Crippen molar-refractivity contribution in [3.05, 3.63) is 41.8 Å². The summed E-state index contributed by atoms with van der Waals surface area (Å²) in [7, 11) is 0. The first-order valence-electron chi connectivity index (χ1n) is 5.04. The second-order valence-electron chi connectivity index (χ2n) is 3.57. The average Bonchev–Trinajstić information content (AvgIpc) is 2.79. The van der Waals surface area contributed by atoms with Gasteiger partial charge in [0.15, 0.2) is 0 Å². The molecule has 0 aliphatic rings. The van der Waals surface area contributed by atoms with Gasteiger partial charge in [0.1, 0.15) is 17.6 Å². The van der Waals surface area contributed by atoms with Crippen LogP contribution in [0.2, 0.25) is 0 Å². The Morgan fingerprint density at radius 1 is 1.00 bits per heavy atom. The molecule has 3 nitrogen and oxygen atoms in total. The van der Waals surface area contributed by atoms with Crippen LogP contribution in [0.1, 0.15) is 11.1 Å². The highest BCUT2D eigenvalue weighted by Gasteiger charge is 2.45. The van der Waals surface area contributed by atoms with E-state index in [9.17, 15) is 26.3 Å². The molecule has 0 atom stereocenters. The van der Waals surface area contributed by atoms with Gasteiger partial charge < -0.3 is 9.15 Å². The molecule has 0 spiro atoms. The van der Waals surface area contributed by atoms with Crippen LogP contribution in [0.3, 0.4) is 0 Å². The smallest absolute Gasteiger partial charge is 0.417 e. The second kappa shape index (κ2) is 4.73. The number of halogens is 6. The number of hydrogen-bond acceptors (Lipinski definition) is 3. The maximum Gasteiger partial charge on any atom is 0.420 e. The van der Waals surface area contributed by atoms with Crippen molar-refractivity contribution in [1.29, 1.82) is 0 Å². The highest BCUT2D eigenvalue weighted by Crippen LogP contribution is 2.45. The average molecular weight is 297 g/mol. The third-order valence-electron chi connectivity index (χ3n) is 2.22. The molecule has 0 amide bonds. The zero-order valence-corrected chi connectivity index (χ0v) is 9.42. The maximum absolute atomic E-state index is 12.8. The summed E-state index contributed by atoms with van der Waals surface area (Å²) in [6.45, 7) is 0. The fourth-order valence-electron chi connectivity index (χ4n) is 1.50. The standard InChI is InChI=1S/C11H5F6NO2/c12-10(13,14)6-2-1-3-7(8(6)11(15,16)17)20-9-18-4-5-19-9/h1-5H. The molecule has 1 aromatic heterocycles. The van der Waals surface area contributed by atoms with E-state index in [-0.39, 0.29) is 0 Å². The van der Waals surface area contributed by atoms with Crippen molar-refractivity contribution < 1.29 is 35.5 Å². The lowest BCUT2D eigenvalue weighted by atomic mass is 10.1. The number of hydrogen-bond donors (Lipinski definition) is 0. The van der Waals surface area contributed by atoms with E-state index in [2.05, 4.69) is 14.1 Å². The number of ether oxygens (including phenoxy) is 1. The van der Waals surface area contributed by atoms with Gasteiger partial charge in [0.2, 0.25) is 0 Å². The third-order valence-corrected chi connectivity index (χ3v) is 2.22. The molecule has 0 aliphatic heterocycles. The van der Waals surface area contributed by atoms with Crippen molar-refractivity contribution >= 4 is 0 Å². The van der Waals surface area contributed by atoms with Gasteiger partial charge >= 0.3 is 18.4 Å². The van der Waals surface area contributed by atoms with Gasteiger partial charge in [-0.25, -0.2) is 0 Å². The molecule has 20 heavy (non-hydrogen) atoms. The van der Waals surface area contributed by atoms with Crippen molar-refractivity contribution in [2.45, 2.75) is 12.4 Å². The molecular weight excluding hydrogens is 292 g/mol. The minimum atomic E-state index is -5.24. The lowest BCUT2D eigenvalue weighted by molar-refractivity contribution is -0.162. The van der Waals surface area contributed by atoms with Crippen molar-refractivity contribution in [3.8, 4) is 11.8 Å². The minimum Gasteiger partial charge on any atom is -0.417 e. The van der Waals surface area contributed by atoms with Gasteiger partial charge in [0.05, 0.1) is 11.8 Å². The van der Waals surface area contributed by atoms with Crippen LogP contribution in [-0.2, 0) is 12.4 Å². The number of aromatic nitrogens is 1. The summed E-state index contributed by atoms with van der Waals surface area (Å²) in [4.78, 5) is 3.39. The summed E-state index contributed by atoms with van der Waals surface area (Å²) < 4.78 is 85.6. The Morgan fingerprint density at radius 2 is 1.70 bits per heavy atom. The van der Waals surface area contributed by atoms with Crippen molar-refractivity contribution in [1.82, 2.24) is 4.98 Å². The van der Waals surface area contributed by atoms with Gasteiger partial charge in [0, 0.05) is 0 Å². The van der Waals surface area contributed by atoms with E-state index in [0.717, 1.165) is 24.6 Å². The van der Waals surface area contributed by atoms with Gasteiger partial charge in [0.25, 0.3) is 0 Å². The SMILES string of the molecule is FC(F)(F)c1cccc(Oc2ncco2)c1C(F)(F)F. The van der Waals surface area contributed by atoms with Gasteiger partial charge in [-0.05, 0) is 12.1 Å². The first-order valence-corrected chi connectivity index (χ1v) is 5.04. The molecule has 0 aliphatic carbocycles. The van der Waals surface area contributed by atoms with Crippen LogP contribution in [0.15, 0.2) is 35.1 Å². The van der Waals surface area contributed by atoms with Crippen LogP contribution in [0.5, 0.6) is 11.8 Å². The fraction of sp³-hybridized carbons (Fsp3) is 0.182. The molecule has 0 fully saturated rings. The van der Waals surface area contributed by atoms with E-state index in [4.69, 9.17) is 0 Å². The summed E-state index contributed by atoms with van der Waals surface area (Å²) in [5.74, 6) is -1.03. The zero-order valence-electron chi connectivity index (χ0n) is 9.42. The van der Waals surface area contributed by atoms with E-state index >= 15 is 0 Å². The van der Waals surface area contributed by atoms with Gasteiger partial charge in [-0.15, -0.1) is 0 Å². The lowest BCUT2D eigenvalue weighted by Gasteiger charge is -2.17. The van der Waals surface area contributed by atoms with E-state index in [0.29, 0.717) is 6.07 Å². The van der Waals surface area contributed by atoms with Crippen LogP contribution >= 0.6 is 0 Å². The molecule has 1 aromatic carbocycles. The summed E-state index contributed by atoms with van der Waals surface area (Å²) >= 11 is 0. The van der Waals surface area contributed by atoms with Crippen LogP contribution in [0.4, 0.5) is 26.3 Å². The Labute approximate surface area is 107 Å². The number of oxazole rings is 1. The molecule has 0 saturated heterocycles. The molecular formula is C11H5F6NO2. The molecule has 2 rings (SSSR count). The molecule has 0 bridgehead atoms. The molecule has 108 valence electrons. The summed E-state index contributed by atoms with van der Waals surface area (Å²) in [6, 6.07) is 1.88. The third kappa shape index (κ3) is 2.86. The van der Waals surface area contributed by atoms with E-state index < -0.39 is 35.3 Å². The number of alkyl halides is 6. The van der Waals surface area contributed by atoms with Crippen molar-refractivity contribution in [3.63, 3.8) is 0 Å². The molecule has 0 N–H and O–H groups in total. The highest BCUT2D eigenvalue weighted by molar-refractivity contribution is 5.44. The zero-order chi connectivity index (χ0) is 15.0. The monoisotopic (exact) mass is 297 g/mol. The van der Waals surface area contributed by atoms with E-state index in [1.54, 1.807) is 0 Å². The molecule has 0 radical (unpaired) electrons. The number of benzene rings is 1. The first kappa shape index (κ1) is 14.2. The maximum atomic E-state index is 12.8. The van der Waals surface area contributed by atoms with E-state index in [1.165, 1.54) is 0 Å². The van der Waals surface area contributed by atoms with Crippen LogP contribution < -0.4 is 4.74 Å². The first-order chi connectivity index (χ1) is 9.19.